The van der Waals surface area contributed by atoms with Gasteiger partial charge in [0, 0.05) is 38.2 Å². The Morgan fingerprint density at radius 1 is 1.05 bits per heavy atom. The third-order valence-corrected chi connectivity index (χ3v) is 7.39. The number of nitrogens with one attached hydrogen (secondary N) is 3. The molecule has 3 amide bonds. The zero-order chi connectivity index (χ0) is 32.9. The van der Waals surface area contributed by atoms with E-state index >= 15 is 0 Å². The maximum atomic E-state index is 13.4. The smallest absolute Gasteiger partial charge is 0.423 e. The quantitative estimate of drug-likeness (QED) is 0.131. The molecule has 0 fully saturated rings. The summed E-state index contributed by atoms with van der Waals surface area (Å²) >= 11 is 0. The molecule has 0 saturated heterocycles. The first-order valence-electron chi connectivity index (χ1n) is 13.9. The first-order chi connectivity index (χ1) is 20.5. The highest BCUT2D eigenvalue weighted by Gasteiger charge is 2.40. The van der Waals surface area contributed by atoms with Gasteiger partial charge in [-0.2, -0.15) is 13.2 Å². The Morgan fingerprint density at radius 2 is 1.68 bits per heavy atom. The summed E-state index contributed by atoms with van der Waals surface area (Å²) in [6.07, 6.45) is -5.03. The van der Waals surface area contributed by atoms with Crippen molar-refractivity contribution in [1.29, 1.82) is 0 Å². The maximum Gasteiger partial charge on any atom is 0.492 e. The van der Waals surface area contributed by atoms with Crippen molar-refractivity contribution >= 4 is 36.0 Å². The molecule has 2 aromatic carbocycles. The average molecular weight is 622 g/mol. The van der Waals surface area contributed by atoms with Crippen LogP contribution in [0.1, 0.15) is 43.4 Å². The van der Waals surface area contributed by atoms with Crippen LogP contribution in [0.4, 0.5) is 18.9 Å². The maximum absolute atomic E-state index is 13.4. The third kappa shape index (κ3) is 9.00. The SMILES string of the molecule is CC1(C)OB(O)c2cc(NC(=O)C(Cc3ccc(C(F)(F)F)cc3)NC(=O)C(N)CCC(=O)NCC(O)(CN)CN)ccc21. The summed E-state index contributed by atoms with van der Waals surface area (Å²) in [6.45, 7) is 3.02. The van der Waals surface area contributed by atoms with Crippen LogP contribution in [0.5, 0.6) is 0 Å². The fourth-order valence-corrected chi connectivity index (χ4v) is 4.58. The molecule has 1 aliphatic rings. The summed E-state index contributed by atoms with van der Waals surface area (Å²) in [5, 5.41) is 28.0. The summed E-state index contributed by atoms with van der Waals surface area (Å²) in [5.74, 6) is -1.98. The van der Waals surface area contributed by atoms with Gasteiger partial charge in [0.25, 0.3) is 0 Å². The lowest BCUT2D eigenvalue weighted by Gasteiger charge is -2.25. The van der Waals surface area contributed by atoms with E-state index in [0.29, 0.717) is 11.0 Å². The van der Waals surface area contributed by atoms with Crippen LogP contribution in [-0.2, 0) is 37.2 Å². The molecule has 2 atom stereocenters. The van der Waals surface area contributed by atoms with Gasteiger partial charge in [0.05, 0.1) is 17.2 Å². The fraction of sp³-hybridized carbons (Fsp3) is 0.464. The van der Waals surface area contributed by atoms with Crippen molar-refractivity contribution in [1.82, 2.24) is 10.6 Å². The van der Waals surface area contributed by atoms with Crippen LogP contribution in [0.2, 0.25) is 0 Å². The van der Waals surface area contributed by atoms with Gasteiger partial charge in [0.2, 0.25) is 17.7 Å². The first-order valence-corrected chi connectivity index (χ1v) is 13.9. The van der Waals surface area contributed by atoms with E-state index in [1.807, 2.05) is 0 Å². The predicted octanol–water partition coefficient (Wildman–Crippen LogP) is -0.804. The molecule has 3 rings (SSSR count). The number of hydrogen-bond donors (Lipinski definition) is 8. The second-order valence-electron chi connectivity index (χ2n) is 11.3. The molecular formula is C28H38BF3N6O6. The predicted molar refractivity (Wildman–Crippen MR) is 157 cm³/mol. The van der Waals surface area contributed by atoms with Crippen molar-refractivity contribution in [3.05, 3.63) is 59.2 Å². The molecule has 0 aliphatic carbocycles. The van der Waals surface area contributed by atoms with Crippen LogP contribution < -0.4 is 38.6 Å². The number of benzene rings is 2. The lowest BCUT2D eigenvalue weighted by Crippen LogP contribution is -2.53. The minimum Gasteiger partial charge on any atom is -0.423 e. The van der Waals surface area contributed by atoms with E-state index in [1.54, 1.807) is 26.0 Å². The lowest BCUT2D eigenvalue weighted by molar-refractivity contribution is -0.137. The molecule has 0 saturated carbocycles. The van der Waals surface area contributed by atoms with Crippen LogP contribution in [0.3, 0.4) is 0 Å². The number of nitrogens with two attached hydrogens (primary N) is 3. The Hall–Kier alpha value is -3.54. The molecule has 12 nitrogen and oxygen atoms in total. The Morgan fingerprint density at radius 3 is 2.27 bits per heavy atom. The molecule has 240 valence electrons. The Bertz CT molecular complexity index is 1340. The van der Waals surface area contributed by atoms with Crippen LogP contribution in [0.15, 0.2) is 42.5 Å². The number of carbonyl (C=O) groups excluding carboxylic acids is 3. The molecular weight excluding hydrogens is 584 g/mol. The molecule has 0 aromatic heterocycles. The van der Waals surface area contributed by atoms with E-state index in [2.05, 4.69) is 16.0 Å². The summed E-state index contributed by atoms with van der Waals surface area (Å²) in [7, 11) is -1.21. The average Bonchev–Trinajstić information content (AvgIpc) is 3.20. The van der Waals surface area contributed by atoms with Crippen molar-refractivity contribution in [2.45, 2.75) is 62.6 Å². The molecule has 2 aromatic rings. The number of halogens is 3. The molecule has 0 bridgehead atoms. The van der Waals surface area contributed by atoms with E-state index in [0.717, 1.165) is 17.7 Å². The van der Waals surface area contributed by atoms with Gasteiger partial charge in [-0.1, -0.05) is 18.2 Å². The number of rotatable bonds is 13. The topological polar surface area (TPSA) is 215 Å². The van der Waals surface area contributed by atoms with Crippen molar-refractivity contribution in [2.24, 2.45) is 17.2 Å². The minimum absolute atomic E-state index is 0.117. The Balaban J connectivity index is 1.71. The summed E-state index contributed by atoms with van der Waals surface area (Å²) in [4.78, 5) is 38.5. The summed E-state index contributed by atoms with van der Waals surface area (Å²) < 4.78 is 44.7. The van der Waals surface area contributed by atoms with Gasteiger partial charge >= 0.3 is 13.3 Å². The monoisotopic (exact) mass is 622 g/mol. The number of amides is 3. The second kappa shape index (κ2) is 14.1. The van der Waals surface area contributed by atoms with Gasteiger partial charge in [0.1, 0.15) is 11.6 Å². The molecule has 2 unspecified atom stereocenters. The number of carbonyl (C=O) groups is 3. The Kier molecular flexibility index (Phi) is 11.2. The van der Waals surface area contributed by atoms with E-state index in [-0.39, 0.29) is 44.6 Å². The first kappa shape index (κ1) is 34.9. The van der Waals surface area contributed by atoms with E-state index in [9.17, 15) is 37.7 Å². The Labute approximate surface area is 253 Å². The van der Waals surface area contributed by atoms with Crippen molar-refractivity contribution in [3.8, 4) is 0 Å². The molecule has 16 heteroatoms. The van der Waals surface area contributed by atoms with Gasteiger partial charge < -0.3 is 47.9 Å². The number of fused-ring (bicyclic) bond motifs is 1. The highest BCUT2D eigenvalue weighted by molar-refractivity contribution is 6.62. The molecule has 44 heavy (non-hydrogen) atoms. The summed E-state index contributed by atoms with van der Waals surface area (Å²) in [6, 6.07) is 6.47. The minimum atomic E-state index is -4.55. The number of alkyl halides is 3. The van der Waals surface area contributed by atoms with Crippen molar-refractivity contribution in [2.75, 3.05) is 25.0 Å². The van der Waals surface area contributed by atoms with Crippen LogP contribution in [0.25, 0.3) is 0 Å². The molecule has 0 spiro atoms. The number of aliphatic hydroxyl groups is 1. The van der Waals surface area contributed by atoms with Gasteiger partial charge in [-0.05, 0) is 61.1 Å². The van der Waals surface area contributed by atoms with Crippen LogP contribution in [0, 0.1) is 0 Å². The van der Waals surface area contributed by atoms with Gasteiger partial charge in [-0.25, -0.2) is 0 Å². The molecule has 0 radical (unpaired) electrons. The van der Waals surface area contributed by atoms with E-state index < -0.39 is 59.9 Å². The van der Waals surface area contributed by atoms with Gasteiger partial charge in [-0.3, -0.25) is 14.4 Å². The highest BCUT2D eigenvalue weighted by atomic mass is 19.4. The molecule has 11 N–H and O–H groups in total. The zero-order valence-corrected chi connectivity index (χ0v) is 24.4. The van der Waals surface area contributed by atoms with Crippen molar-refractivity contribution < 1.29 is 42.3 Å². The lowest BCUT2D eigenvalue weighted by atomic mass is 9.78. The van der Waals surface area contributed by atoms with Gasteiger partial charge in [-0.15, -0.1) is 0 Å². The highest BCUT2D eigenvalue weighted by Crippen LogP contribution is 2.31. The summed E-state index contributed by atoms with van der Waals surface area (Å²) in [5.41, 5.74) is 15.6. The molecule has 1 heterocycles. The second-order valence-corrected chi connectivity index (χ2v) is 11.3. The fourth-order valence-electron chi connectivity index (χ4n) is 4.58. The third-order valence-electron chi connectivity index (χ3n) is 7.39. The standard InChI is InChI=1S/C28H38BF3N6O6/c1-26(2)19-8-7-18(12-20(19)29(43)44-26)37-25(41)22(11-16-3-5-17(6-4-16)28(30,31)32)38-24(40)21(35)9-10-23(39)36-15-27(42,13-33)14-34/h3-8,12,21-22,42-43H,9-11,13-15,33-35H2,1-2H3,(H,36,39)(H,37,41)(H,38,40). The van der Waals surface area contributed by atoms with Crippen LogP contribution in [-0.4, -0.2) is 72.3 Å². The normalized spacial score (nSPS) is 15.7. The number of hydrogen-bond acceptors (Lipinski definition) is 9. The molecule has 1 aliphatic heterocycles. The van der Waals surface area contributed by atoms with Gasteiger partial charge in [0.15, 0.2) is 0 Å². The van der Waals surface area contributed by atoms with E-state index in [4.69, 9.17) is 21.9 Å². The van der Waals surface area contributed by atoms with Crippen LogP contribution >= 0.6 is 0 Å². The number of anilines is 1. The largest absolute Gasteiger partial charge is 0.492 e. The zero-order valence-electron chi connectivity index (χ0n) is 24.4. The van der Waals surface area contributed by atoms with Crippen molar-refractivity contribution in [3.63, 3.8) is 0 Å². The van der Waals surface area contributed by atoms with E-state index in [1.165, 1.54) is 18.2 Å².